The van der Waals surface area contributed by atoms with E-state index in [4.69, 9.17) is 35.4 Å². The van der Waals surface area contributed by atoms with Crippen LogP contribution in [-0.2, 0) is 6.54 Å². The van der Waals surface area contributed by atoms with Gasteiger partial charge in [-0.05, 0) is 29.8 Å². The van der Waals surface area contributed by atoms with Gasteiger partial charge in [0.2, 0.25) is 0 Å². The van der Waals surface area contributed by atoms with E-state index in [2.05, 4.69) is 10.3 Å². The van der Waals surface area contributed by atoms with Crippen LogP contribution in [0.25, 0.3) is 0 Å². The van der Waals surface area contributed by atoms with E-state index < -0.39 is 0 Å². The number of pyridine rings is 1. The Hall–Kier alpha value is -1.36. The Balaban J connectivity index is 2.09. The van der Waals surface area contributed by atoms with Gasteiger partial charge in [0.15, 0.2) is 0 Å². The van der Waals surface area contributed by atoms with Crippen molar-refractivity contribution in [1.29, 1.82) is 0 Å². The highest BCUT2D eigenvalue weighted by atomic mass is 35.5. The van der Waals surface area contributed by atoms with E-state index in [0.717, 1.165) is 5.56 Å². The molecule has 2 N–H and O–H groups in total. The maximum absolute atomic E-state index is 12.0. The Bertz CT molecular complexity index is 670. The van der Waals surface area contributed by atoms with Gasteiger partial charge in [0, 0.05) is 22.8 Å². The van der Waals surface area contributed by atoms with Gasteiger partial charge in [0.1, 0.15) is 4.64 Å². The van der Waals surface area contributed by atoms with E-state index in [0.29, 0.717) is 26.8 Å². The van der Waals surface area contributed by atoms with Crippen molar-refractivity contribution in [2.24, 2.45) is 0 Å². The molecule has 0 aliphatic carbocycles. The van der Waals surface area contributed by atoms with Gasteiger partial charge in [-0.25, -0.2) is 0 Å². The molecule has 0 bridgehead atoms. The predicted octanol–water partition coefficient (Wildman–Crippen LogP) is 3.98. The Morgan fingerprint density at radius 3 is 2.79 bits per heavy atom. The lowest BCUT2D eigenvalue weighted by Crippen LogP contribution is -2.23. The first-order valence-corrected chi connectivity index (χ1v) is 6.64. The Morgan fingerprint density at radius 1 is 1.32 bits per heavy atom. The minimum absolute atomic E-state index is 0.243. The number of carbonyl (C=O) groups excluding carboxylic acids is 1. The third-order valence-corrected chi connectivity index (χ3v) is 3.44. The van der Waals surface area contributed by atoms with Crippen LogP contribution in [0.2, 0.25) is 10.0 Å². The van der Waals surface area contributed by atoms with Crippen LogP contribution in [0.5, 0.6) is 0 Å². The van der Waals surface area contributed by atoms with Crippen LogP contribution in [0.4, 0.5) is 0 Å². The fourth-order valence-corrected chi connectivity index (χ4v) is 2.24. The molecule has 0 aliphatic rings. The number of rotatable bonds is 3. The van der Waals surface area contributed by atoms with Gasteiger partial charge < -0.3 is 10.3 Å². The van der Waals surface area contributed by atoms with Gasteiger partial charge in [-0.3, -0.25) is 4.79 Å². The lowest BCUT2D eigenvalue weighted by atomic mass is 10.2. The first kappa shape index (κ1) is 14.1. The van der Waals surface area contributed by atoms with Crippen molar-refractivity contribution in [2.45, 2.75) is 6.54 Å². The number of H-pyrrole nitrogens is 1. The molecule has 0 radical (unpaired) electrons. The van der Waals surface area contributed by atoms with E-state index in [9.17, 15) is 4.79 Å². The SMILES string of the molecule is O=C(NCc1ccc(Cl)cc1Cl)c1ccc[nH]c1=S. The Morgan fingerprint density at radius 2 is 2.11 bits per heavy atom. The molecule has 0 atom stereocenters. The number of nitrogens with one attached hydrogen (secondary N) is 2. The Kier molecular flexibility index (Phi) is 4.58. The van der Waals surface area contributed by atoms with Crippen molar-refractivity contribution in [3.8, 4) is 0 Å². The zero-order valence-corrected chi connectivity index (χ0v) is 12.1. The minimum atomic E-state index is -0.243. The van der Waals surface area contributed by atoms with E-state index in [1.807, 2.05) is 0 Å². The van der Waals surface area contributed by atoms with E-state index in [1.165, 1.54) is 0 Å². The molecule has 0 spiro atoms. The highest BCUT2D eigenvalue weighted by Crippen LogP contribution is 2.20. The molecule has 98 valence electrons. The molecule has 0 saturated carbocycles. The maximum atomic E-state index is 12.0. The van der Waals surface area contributed by atoms with E-state index in [1.54, 1.807) is 36.5 Å². The van der Waals surface area contributed by atoms with Crippen LogP contribution < -0.4 is 5.32 Å². The van der Waals surface area contributed by atoms with Crippen molar-refractivity contribution >= 4 is 41.3 Å². The molecule has 1 aromatic carbocycles. The Labute approximate surface area is 125 Å². The number of carbonyl (C=O) groups is 1. The summed E-state index contributed by atoms with van der Waals surface area (Å²) in [4.78, 5) is 14.8. The van der Waals surface area contributed by atoms with E-state index >= 15 is 0 Å². The quantitative estimate of drug-likeness (QED) is 0.842. The summed E-state index contributed by atoms with van der Waals surface area (Å²) < 4.78 is 0.405. The molecule has 0 saturated heterocycles. The molecule has 3 nitrogen and oxygen atoms in total. The lowest BCUT2D eigenvalue weighted by Gasteiger charge is -2.07. The second-order valence-electron chi connectivity index (χ2n) is 3.83. The largest absolute Gasteiger partial charge is 0.352 e. The fraction of sp³-hybridized carbons (Fsp3) is 0.0769. The third-order valence-electron chi connectivity index (χ3n) is 2.52. The number of hydrogen-bond acceptors (Lipinski definition) is 2. The first-order chi connectivity index (χ1) is 9.08. The molecule has 2 rings (SSSR count). The molecular formula is C13H10Cl2N2OS. The number of halogens is 2. The first-order valence-electron chi connectivity index (χ1n) is 5.48. The number of amides is 1. The van der Waals surface area contributed by atoms with Gasteiger partial charge in [-0.15, -0.1) is 0 Å². The molecular weight excluding hydrogens is 303 g/mol. The molecule has 1 aromatic heterocycles. The average Bonchev–Trinajstić information content (AvgIpc) is 2.38. The van der Waals surface area contributed by atoms with Gasteiger partial charge in [0.05, 0.1) is 5.56 Å². The number of aromatic amines is 1. The monoisotopic (exact) mass is 312 g/mol. The molecule has 0 fully saturated rings. The summed E-state index contributed by atoms with van der Waals surface area (Å²) in [6.45, 7) is 0.318. The molecule has 2 aromatic rings. The molecule has 19 heavy (non-hydrogen) atoms. The number of hydrogen-bond donors (Lipinski definition) is 2. The highest BCUT2D eigenvalue weighted by Gasteiger charge is 2.08. The third kappa shape index (κ3) is 3.56. The summed E-state index contributed by atoms with van der Waals surface area (Å²) in [6, 6.07) is 8.53. The normalized spacial score (nSPS) is 10.2. The van der Waals surface area contributed by atoms with Crippen LogP contribution in [0.1, 0.15) is 15.9 Å². The maximum Gasteiger partial charge on any atom is 0.254 e. The van der Waals surface area contributed by atoms with Crippen LogP contribution >= 0.6 is 35.4 Å². The van der Waals surface area contributed by atoms with E-state index in [-0.39, 0.29) is 5.91 Å². The summed E-state index contributed by atoms with van der Waals surface area (Å²) in [7, 11) is 0. The smallest absolute Gasteiger partial charge is 0.254 e. The zero-order valence-electron chi connectivity index (χ0n) is 9.74. The van der Waals surface area contributed by atoms with Crippen molar-refractivity contribution in [1.82, 2.24) is 10.3 Å². The summed E-state index contributed by atoms with van der Waals surface area (Å²) in [5, 5.41) is 3.84. The summed E-state index contributed by atoms with van der Waals surface area (Å²) >= 11 is 16.9. The summed E-state index contributed by atoms with van der Waals surface area (Å²) in [5.41, 5.74) is 1.23. The van der Waals surface area contributed by atoms with Crippen LogP contribution in [0.15, 0.2) is 36.5 Å². The van der Waals surface area contributed by atoms with Gasteiger partial charge in [-0.1, -0.05) is 41.5 Å². The second kappa shape index (κ2) is 6.19. The van der Waals surface area contributed by atoms with Crippen molar-refractivity contribution in [3.63, 3.8) is 0 Å². The molecule has 6 heteroatoms. The van der Waals surface area contributed by atoms with Crippen LogP contribution in [0, 0.1) is 4.64 Å². The molecule has 0 unspecified atom stereocenters. The topological polar surface area (TPSA) is 44.9 Å². The summed E-state index contributed by atoms with van der Waals surface area (Å²) in [6.07, 6.45) is 1.68. The molecule has 1 amide bonds. The fourth-order valence-electron chi connectivity index (χ4n) is 1.54. The van der Waals surface area contributed by atoms with Crippen LogP contribution in [0.3, 0.4) is 0 Å². The summed E-state index contributed by atoms with van der Waals surface area (Å²) in [5.74, 6) is -0.243. The minimum Gasteiger partial charge on any atom is -0.352 e. The van der Waals surface area contributed by atoms with Crippen LogP contribution in [-0.4, -0.2) is 10.9 Å². The van der Waals surface area contributed by atoms with Gasteiger partial charge in [-0.2, -0.15) is 0 Å². The number of benzene rings is 1. The van der Waals surface area contributed by atoms with Crippen molar-refractivity contribution in [3.05, 3.63) is 62.3 Å². The molecule has 0 aliphatic heterocycles. The van der Waals surface area contributed by atoms with Gasteiger partial charge >= 0.3 is 0 Å². The zero-order chi connectivity index (χ0) is 13.8. The van der Waals surface area contributed by atoms with Crippen molar-refractivity contribution < 1.29 is 4.79 Å². The second-order valence-corrected chi connectivity index (χ2v) is 5.08. The average molecular weight is 313 g/mol. The predicted molar refractivity (Wildman–Crippen MR) is 79.3 cm³/mol. The lowest BCUT2D eigenvalue weighted by molar-refractivity contribution is 0.0950. The van der Waals surface area contributed by atoms with Crippen molar-refractivity contribution in [2.75, 3.05) is 0 Å². The highest BCUT2D eigenvalue weighted by molar-refractivity contribution is 7.71. The molecule has 1 heterocycles. The number of aromatic nitrogens is 1. The standard InChI is InChI=1S/C13H10Cl2N2OS/c14-9-4-3-8(11(15)6-9)7-17-12(18)10-2-1-5-16-13(10)19/h1-6H,7H2,(H,16,19)(H,17,18). The van der Waals surface area contributed by atoms with Gasteiger partial charge in [0.25, 0.3) is 5.91 Å².